The Labute approximate surface area is 192 Å². The second-order valence-corrected chi connectivity index (χ2v) is 8.72. The van der Waals surface area contributed by atoms with Gasteiger partial charge < -0.3 is 15.0 Å². The molecule has 170 valence electrons. The maximum Gasteiger partial charge on any atom is 0.339 e. The van der Waals surface area contributed by atoms with E-state index in [1.54, 1.807) is 76.5 Å². The van der Waals surface area contributed by atoms with E-state index in [-0.39, 0.29) is 29.3 Å². The number of ketones is 1. The molecule has 0 aliphatic heterocycles. The molecule has 0 radical (unpaired) electrons. The van der Waals surface area contributed by atoms with Crippen LogP contribution in [0.2, 0.25) is 0 Å². The summed E-state index contributed by atoms with van der Waals surface area (Å²) < 4.78 is 5.41. The van der Waals surface area contributed by atoms with Crippen LogP contribution in [0.4, 0.5) is 5.69 Å². The van der Waals surface area contributed by atoms with E-state index in [1.165, 1.54) is 23.6 Å². The van der Waals surface area contributed by atoms with Crippen LogP contribution >= 0.6 is 11.8 Å². The zero-order valence-electron chi connectivity index (χ0n) is 18.9. The number of hydrogen-bond acceptors (Lipinski definition) is 6. The number of Topliss-reactive ketones (excluding diaryl/α,β-unsaturated/α-hetero) is 1. The van der Waals surface area contributed by atoms with Gasteiger partial charge in [-0.15, -0.1) is 11.8 Å². The number of benzene rings is 2. The topological polar surface area (TPSA) is 92.8 Å². The monoisotopic (exact) mass is 456 g/mol. The van der Waals surface area contributed by atoms with Crippen molar-refractivity contribution in [3.63, 3.8) is 0 Å². The number of amides is 2. The highest BCUT2D eigenvalue weighted by Crippen LogP contribution is 2.24. The quantitative estimate of drug-likeness (QED) is 0.350. The predicted octanol–water partition coefficient (Wildman–Crippen LogP) is 3.89. The first-order valence-electron chi connectivity index (χ1n) is 10.2. The average molecular weight is 457 g/mol. The Kier molecular flexibility index (Phi) is 9.02. The SMILES string of the molecule is CC(C)C(=O)Nc1ccc(C(=O)C(C)OC(=O)c2ccccc2SCC(=O)N(C)C)cc1. The van der Waals surface area contributed by atoms with Crippen molar-refractivity contribution in [1.29, 1.82) is 0 Å². The largest absolute Gasteiger partial charge is 0.451 e. The van der Waals surface area contributed by atoms with Crippen LogP contribution in [0.15, 0.2) is 53.4 Å². The summed E-state index contributed by atoms with van der Waals surface area (Å²) >= 11 is 1.24. The molecule has 0 bridgehead atoms. The summed E-state index contributed by atoms with van der Waals surface area (Å²) in [5.41, 5.74) is 1.26. The molecule has 0 aliphatic carbocycles. The van der Waals surface area contributed by atoms with Crippen molar-refractivity contribution in [2.75, 3.05) is 25.2 Å². The smallest absolute Gasteiger partial charge is 0.339 e. The van der Waals surface area contributed by atoms with E-state index in [0.29, 0.717) is 21.7 Å². The molecule has 7 nitrogen and oxygen atoms in total. The lowest BCUT2D eigenvalue weighted by Gasteiger charge is -2.15. The van der Waals surface area contributed by atoms with Crippen molar-refractivity contribution in [2.45, 2.75) is 31.8 Å². The number of thioether (sulfide) groups is 1. The van der Waals surface area contributed by atoms with E-state index in [1.807, 2.05) is 0 Å². The third-order valence-electron chi connectivity index (χ3n) is 4.57. The summed E-state index contributed by atoms with van der Waals surface area (Å²) in [6.45, 7) is 5.10. The van der Waals surface area contributed by atoms with Crippen molar-refractivity contribution in [3.8, 4) is 0 Å². The second kappa shape index (κ2) is 11.5. The molecule has 0 spiro atoms. The molecule has 1 unspecified atom stereocenters. The summed E-state index contributed by atoms with van der Waals surface area (Å²) in [7, 11) is 3.34. The molecule has 0 fully saturated rings. The lowest BCUT2D eigenvalue weighted by molar-refractivity contribution is -0.125. The van der Waals surface area contributed by atoms with Gasteiger partial charge in [-0.25, -0.2) is 4.79 Å². The van der Waals surface area contributed by atoms with Crippen molar-refractivity contribution in [3.05, 3.63) is 59.7 Å². The Bertz CT molecular complexity index is 986. The molecule has 2 rings (SSSR count). The van der Waals surface area contributed by atoms with Crippen molar-refractivity contribution >= 4 is 41.0 Å². The molecule has 2 amide bonds. The van der Waals surface area contributed by atoms with Gasteiger partial charge in [-0.3, -0.25) is 14.4 Å². The normalized spacial score (nSPS) is 11.6. The number of ether oxygens (including phenoxy) is 1. The van der Waals surface area contributed by atoms with Gasteiger partial charge in [-0.05, 0) is 43.3 Å². The molecule has 0 saturated heterocycles. The van der Waals surface area contributed by atoms with Crippen LogP contribution in [0.1, 0.15) is 41.5 Å². The fourth-order valence-corrected chi connectivity index (χ4v) is 3.57. The van der Waals surface area contributed by atoms with Gasteiger partial charge in [0.1, 0.15) is 0 Å². The summed E-state index contributed by atoms with van der Waals surface area (Å²) in [5, 5.41) is 2.76. The first-order valence-corrected chi connectivity index (χ1v) is 11.2. The number of carbonyl (C=O) groups excluding carboxylic acids is 4. The van der Waals surface area contributed by atoms with Gasteiger partial charge in [-0.1, -0.05) is 26.0 Å². The fourth-order valence-electron chi connectivity index (χ4n) is 2.55. The Balaban J connectivity index is 2.04. The molecular formula is C24H28N2O5S. The van der Waals surface area contributed by atoms with Crippen molar-refractivity contribution < 1.29 is 23.9 Å². The Morgan fingerprint density at radius 3 is 2.19 bits per heavy atom. The highest BCUT2D eigenvalue weighted by Gasteiger charge is 2.22. The van der Waals surface area contributed by atoms with Crippen molar-refractivity contribution in [1.82, 2.24) is 4.90 Å². The van der Waals surface area contributed by atoms with Crippen molar-refractivity contribution in [2.24, 2.45) is 5.92 Å². The average Bonchev–Trinajstić information content (AvgIpc) is 2.77. The van der Waals surface area contributed by atoms with Crippen LogP contribution in [0, 0.1) is 5.92 Å². The van der Waals surface area contributed by atoms with Crippen LogP contribution in [-0.4, -0.2) is 54.4 Å². The van der Waals surface area contributed by atoms with Crippen LogP contribution < -0.4 is 5.32 Å². The highest BCUT2D eigenvalue weighted by atomic mass is 32.2. The van der Waals surface area contributed by atoms with E-state index in [2.05, 4.69) is 5.32 Å². The fraction of sp³-hybridized carbons (Fsp3) is 0.333. The molecule has 0 heterocycles. The van der Waals surface area contributed by atoms with Crippen LogP contribution in [0.25, 0.3) is 0 Å². The number of rotatable bonds is 9. The lowest BCUT2D eigenvalue weighted by atomic mass is 10.1. The zero-order valence-corrected chi connectivity index (χ0v) is 19.7. The molecule has 0 saturated carbocycles. The van der Waals surface area contributed by atoms with Gasteiger partial charge in [0, 0.05) is 36.2 Å². The van der Waals surface area contributed by atoms with E-state index < -0.39 is 12.1 Å². The minimum atomic E-state index is -1.000. The molecule has 2 aromatic rings. The van der Waals surface area contributed by atoms with E-state index in [0.717, 1.165) is 0 Å². The molecule has 8 heteroatoms. The minimum Gasteiger partial charge on any atom is -0.451 e. The number of carbonyl (C=O) groups is 4. The maximum absolute atomic E-state index is 12.7. The molecule has 1 N–H and O–H groups in total. The Morgan fingerprint density at radius 2 is 1.59 bits per heavy atom. The first-order chi connectivity index (χ1) is 15.1. The van der Waals surface area contributed by atoms with Gasteiger partial charge in [0.2, 0.25) is 17.6 Å². The third kappa shape index (κ3) is 6.95. The number of esters is 1. The summed E-state index contributed by atoms with van der Waals surface area (Å²) in [6, 6.07) is 13.2. The molecule has 0 aromatic heterocycles. The molecule has 32 heavy (non-hydrogen) atoms. The van der Waals surface area contributed by atoms with Crippen LogP contribution in [0.5, 0.6) is 0 Å². The van der Waals surface area contributed by atoms with Gasteiger partial charge in [0.25, 0.3) is 0 Å². The maximum atomic E-state index is 12.7. The summed E-state index contributed by atoms with van der Waals surface area (Å²) in [6.07, 6.45) is -1.000. The lowest BCUT2D eigenvalue weighted by Crippen LogP contribution is -2.25. The van der Waals surface area contributed by atoms with Gasteiger partial charge in [-0.2, -0.15) is 0 Å². The number of anilines is 1. The Hall–Kier alpha value is -3.13. The summed E-state index contributed by atoms with van der Waals surface area (Å²) in [4.78, 5) is 51.1. The minimum absolute atomic E-state index is 0.0743. The highest BCUT2D eigenvalue weighted by molar-refractivity contribution is 8.00. The van der Waals surface area contributed by atoms with E-state index >= 15 is 0 Å². The van der Waals surface area contributed by atoms with Crippen LogP contribution in [0.3, 0.4) is 0 Å². The number of nitrogens with zero attached hydrogens (tertiary/aromatic N) is 1. The number of hydrogen-bond donors (Lipinski definition) is 1. The zero-order chi connectivity index (χ0) is 23.8. The van der Waals surface area contributed by atoms with Gasteiger partial charge in [0.05, 0.1) is 11.3 Å². The third-order valence-corrected chi connectivity index (χ3v) is 5.63. The number of nitrogens with one attached hydrogen (secondary N) is 1. The van der Waals surface area contributed by atoms with Gasteiger partial charge in [0.15, 0.2) is 6.10 Å². The molecular weight excluding hydrogens is 428 g/mol. The summed E-state index contributed by atoms with van der Waals surface area (Å²) in [5.74, 6) is -1.14. The first kappa shape index (κ1) is 25.1. The Morgan fingerprint density at radius 1 is 0.969 bits per heavy atom. The van der Waals surface area contributed by atoms with Crippen LogP contribution in [-0.2, 0) is 14.3 Å². The molecule has 1 atom stereocenters. The second-order valence-electron chi connectivity index (χ2n) is 7.71. The van der Waals surface area contributed by atoms with E-state index in [9.17, 15) is 19.2 Å². The standard InChI is InChI=1S/C24H28N2O5S/c1-15(2)23(29)25-18-12-10-17(11-13-18)22(28)16(3)31-24(30)19-8-6-7-9-20(19)32-14-21(27)26(4)5/h6-13,15-16H,14H2,1-5H3,(H,25,29). The van der Waals surface area contributed by atoms with Gasteiger partial charge >= 0.3 is 5.97 Å². The molecule has 2 aromatic carbocycles. The molecule has 0 aliphatic rings. The van der Waals surface area contributed by atoms with E-state index in [4.69, 9.17) is 4.74 Å². The predicted molar refractivity (Wildman–Crippen MR) is 125 cm³/mol.